The molecule has 3 rings (SSSR count). The third-order valence-electron chi connectivity index (χ3n) is 2.78. The van der Waals surface area contributed by atoms with E-state index in [0.29, 0.717) is 0 Å². The summed E-state index contributed by atoms with van der Waals surface area (Å²) < 4.78 is 1.86. The summed E-state index contributed by atoms with van der Waals surface area (Å²) in [5.41, 5.74) is 2.07. The Morgan fingerprint density at radius 3 is 2.55 bits per heavy atom. The molecule has 0 spiro atoms. The van der Waals surface area contributed by atoms with Crippen molar-refractivity contribution in [2.24, 2.45) is 0 Å². The van der Waals surface area contributed by atoms with Crippen LogP contribution in [-0.4, -0.2) is 19.7 Å². The monoisotopic (exact) mass is 282 g/mol. The molecule has 3 heterocycles. The summed E-state index contributed by atoms with van der Waals surface area (Å²) in [4.78, 5) is 8.93. The first-order chi connectivity index (χ1) is 9.72. The summed E-state index contributed by atoms with van der Waals surface area (Å²) in [5, 5.41) is 6.30. The first-order valence-corrected chi connectivity index (χ1v) is 7.13. The van der Waals surface area contributed by atoms with E-state index < -0.39 is 0 Å². The predicted molar refractivity (Wildman–Crippen MR) is 79.2 cm³/mol. The molecule has 0 aliphatic heterocycles. The molecule has 0 aliphatic rings. The lowest BCUT2D eigenvalue weighted by Crippen LogP contribution is -2.02. The average Bonchev–Trinajstić information content (AvgIpc) is 2.79. The highest BCUT2D eigenvalue weighted by molar-refractivity contribution is 7.99. The van der Waals surface area contributed by atoms with Crippen molar-refractivity contribution in [2.45, 2.75) is 23.9 Å². The van der Waals surface area contributed by atoms with Crippen LogP contribution in [-0.2, 0) is 0 Å². The van der Waals surface area contributed by atoms with E-state index in [1.807, 2.05) is 61.0 Å². The molecule has 0 bridgehead atoms. The third-order valence-corrected chi connectivity index (χ3v) is 3.67. The fraction of sp³-hybridized carbons (Fsp3) is 0.133. The molecule has 0 N–H and O–H groups in total. The molecule has 0 aliphatic carbocycles. The zero-order valence-electron chi connectivity index (χ0n) is 11.3. The van der Waals surface area contributed by atoms with E-state index in [-0.39, 0.29) is 0 Å². The molecule has 0 saturated heterocycles. The number of pyridine rings is 2. The standard InChI is InChI=1S/C15H14N4S/c1-11-10-12(2)19(18-11)13-6-5-8-15(17-13)20-14-7-3-4-9-16-14/h3-10H,1-2H3. The first-order valence-electron chi connectivity index (χ1n) is 6.32. The maximum Gasteiger partial charge on any atom is 0.154 e. The summed E-state index contributed by atoms with van der Waals surface area (Å²) in [5.74, 6) is 0.830. The van der Waals surface area contributed by atoms with Gasteiger partial charge in [-0.2, -0.15) is 5.10 Å². The van der Waals surface area contributed by atoms with Crippen LogP contribution in [0.1, 0.15) is 11.4 Å². The maximum absolute atomic E-state index is 4.64. The van der Waals surface area contributed by atoms with Gasteiger partial charge in [0.2, 0.25) is 0 Å². The molecular formula is C15H14N4S. The van der Waals surface area contributed by atoms with Gasteiger partial charge in [0.05, 0.1) is 5.69 Å². The van der Waals surface area contributed by atoms with Gasteiger partial charge < -0.3 is 0 Å². The van der Waals surface area contributed by atoms with Gasteiger partial charge in [-0.1, -0.05) is 23.9 Å². The minimum Gasteiger partial charge on any atom is -0.250 e. The van der Waals surface area contributed by atoms with Crippen molar-refractivity contribution in [2.75, 3.05) is 0 Å². The van der Waals surface area contributed by atoms with E-state index in [1.54, 1.807) is 18.0 Å². The van der Waals surface area contributed by atoms with Gasteiger partial charge in [-0.05, 0) is 44.2 Å². The highest BCUT2D eigenvalue weighted by Crippen LogP contribution is 2.24. The number of hydrogen-bond donors (Lipinski definition) is 0. The van der Waals surface area contributed by atoms with Crippen LogP contribution in [0.25, 0.3) is 5.82 Å². The van der Waals surface area contributed by atoms with Crippen molar-refractivity contribution in [3.63, 3.8) is 0 Å². The van der Waals surface area contributed by atoms with Gasteiger partial charge in [-0.3, -0.25) is 0 Å². The third kappa shape index (κ3) is 2.72. The summed E-state index contributed by atoms with van der Waals surface area (Å²) in [6, 6.07) is 13.8. The molecule has 0 unspecified atom stereocenters. The lowest BCUT2D eigenvalue weighted by atomic mass is 10.4. The maximum atomic E-state index is 4.64. The Kier molecular flexibility index (Phi) is 3.52. The summed E-state index contributed by atoms with van der Waals surface area (Å²) in [7, 11) is 0. The Balaban J connectivity index is 1.92. The molecule has 3 aromatic rings. The molecule has 0 fully saturated rings. The van der Waals surface area contributed by atoms with E-state index in [1.165, 1.54) is 0 Å². The quantitative estimate of drug-likeness (QED) is 0.738. The van der Waals surface area contributed by atoms with Crippen molar-refractivity contribution < 1.29 is 0 Å². The zero-order valence-corrected chi connectivity index (χ0v) is 12.1. The van der Waals surface area contributed by atoms with Crippen molar-refractivity contribution >= 4 is 11.8 Å². The summed E-state index contributed by atoms with van der Waals surface area (Å²) in [6.45, 7) is 4.01. The number of hydrogen-bond acceptors (Lipinski definition) is 4. The normalized spacial score (nSPS) is 10.7. The van der Waals surface area contributed by atoms with E-state index in [2.05, 4.69) is 15.1 Å². The molecule has 5 heteroatoms. The number of aryl methyl sites for hydroxylation is 2. The molecular weight excluding hydrogens is 268 g/mol. The number of nitrogens with zero attached hydrogens (tertiary/aromatic N) is 4. The second-order valence-electron chi connectivity index (χ2n) is 4.44. The number of aromatic nitrogens is 4. The van der Waals surface area contributed by atoms with Gasteiger partial charge in [0.15, 0.2) is 5.82 Å². The van der Waals surface area contributed by atoms with Crippen molar-refractivity contribution in [1.29, 1.82) is 0 Å². The first kappa shape index (κ1) is 12.9. The summed E-state index contributed by atoms with van der Waals surface area (Å²) in [6.07, 6.45) is 1.78. The lowest BCUT2D eigenvalue weighted by molar-refractivity contribution is 0.793. The van der Waals surface area contributed by atoms with E-state index in [9.17, 15) is 0 Å². The zero-order chi connectivity index (χ0) is 13.9. The van der Waals surface area contributed by atoms with E-state index in [4.69, 9.17) is 0 Å². The van der Waals surface area contributed by atoms with Gasteiger partial charge in [-0.25, -0.2) is 14.6 Å². The molecule has 20 heavy (non-hydrogen) atoms. The van der Waals surface area contributed by atoms with Crippen LogP contribution in [0.5, 0.6) is 0 Å². The molecule has 0 radical (unpaired) electrons. The Hall–Kier alpha value is -2.14. The van der Waals surface area contributed by atoms with Crippen molar-refractivity contribution in [1.82, 2.24) is 19.7 Å². The highest BCUT2D eigenvalue weighted by Gasteiger charge is 2.06. The van der Waals surface area contributed by atoms with Crippen LogP contribution in [0.15, 0.2) is 58.7 Å². The topological polar surface area (TPSA) is 43.6 Å². The second-order valence-corrected chi connectivity index (χ2v) is 5.48. The van der Waals surface area contributed by atoms with Gasteiger partial charge in [-0.15, -0.1) is 0 Å². The van der Waals surface area contributed by atoms with Gasteiger partial charge in [0, 0.05) is 11.9 Å². The van der Waals surface area contributed by atoms with E-state index >= 15 is 0 Å². The minimum absolute atomic E-state index is 0.830. The lowest BCUT2D eigenvalue weighted by Gasteiger charge is -2.05. The van der Waals surface area contributed by atoms with Crippen LogP contribution >= 0.6 is 11.8 Å². The van der Waals surface area contributed by atoms with Crippen molar-refractivity contribution in [3.05, 3.63) is 60.0 Å². The fourth-order valence-corrected chi connectivity index (χ4v) is 2.71. The predicted octanol–water partition coefficient (Wildman–Crippen LogP) is 3.43. The SMILES string of the molecule is Cc1cc(C)n(-c2cccc(Sc3ccccn3)n2)n1. The molecule has 0 amide bonds. The number of rotatable bonds is 3. The van der Waals surface area contributed by atoms with Crippen LogP contribution in [0, 0.1) is 13.8 Å². The molecule has 3 aromatic heterocycles. The highest BCUT2D eigenvalue weighted by atomic mass is 32.2. The van der Waals surface area contributed by atoms with E-state index in [0.717, 1.165) is 27.3 Å². The smallest absolute Gasteiger partial charge is 0.154 e. The molecule has 100 valence electrons. The Bertz CT molecular complexity index is 722. The average molecular weight is 282 g/mol. The van der Waals surface area contributed by atoms with Crippen LogP contribution < -0.4 is 0 Å². The van der Waals surface area contributed by atoms with Crippen molar-refractivity contribution in [3.8, 4) is 5.82 Å². The Morgan fingerprint density at radius 1 is 1.00 bits per heavy atom. The largest absolute Gasteiger partial charge is 0.250 e. The van der Waals surface area contributed by atoms with Gasteiger partial charge >= 0.3 is 0 Å². The minimum atomic E-state index is 0.830. The molecule has 0 saturated carbocycles. The molecule has 0 aromatic carbocycles. The van der Waals surface area contributed by atoms with Crippen LogP contribution in [0.4, 0.5) is 0 Å². The summed E-state index contributed by atoms with van der Waals surface area (Å²) >= 11 is 1.55. The fourth-order valence-electron chi connectivity index (χ4n) is 1.95. The van der Waals surface area contributed by atoms with Gasteiger partial charge in [0.25, 0.3) is 0 Å². The molecule has 4 nitrogen and oxygen atoms in total. The second kappa shape index (κ2) is 5.46. The van der Waals surface area contributed by atoms with Gasteiger partial charge in [0.1, 0.15) is 10.1 Å². The van der Waals surface area contributed by atoms with Crippen LogP contribution in [0.3, 0.4) is 0 Å². The Morgan fingerprint density at radius 2 is 1.85 bits per heavy atom. The van der Waals surface area contributed by atoms with Crippen LogP contribution in [0.2, 0.25) is 0 Å². The Labute approximate surface area is 121 Å². The molecule has 0 atom stereocenters.